The topological polar surface area (TPSA) is 46.5 Å². The number of carboxylic acid groups (broad SMARTS) is 1. The summed E-state index contributed by atoms with van der Waals surface area (Å²) in [5.74, 6) is -0.0900. The van der Waals surface area contributed by atoms with Crippen LogP contribution < -0.4 is 4.74 Å². The Balaban J connectivity index is 2.12. The average Bonchev–Trinajstić information content (AvgIpc) is 2.73. The lowest BCUT2D eigenvalue weighted by molar-refractivity contribution is 0.0697. The Kier molecular flexibility index (Phi) is 3.18. The number of fused-ring (bicyclic) bond motifs is 1. The first-order valence-corrected chi connectivity index (χ1v) is 7.06. The minimum atomic E-state index is -0.983. The van der Waals surface area contributed by atoms with Gasteiger partial charge >= 0.3 is 5.97 Å². The van der Waals surface area contributed by atoms with Crippen molar-refractivity contribution in [2.24, 2.45) is 0 Å². The van der Waals surface area contributed by atoms with Crippen molar-refractivity contribution in [1.82, 2.24) is 0 Å². The summed E-state index contributed by atoms with van der Waals surface area (Å²) in [6.45, 7) is 4.91. The summed E-state index contributed by atoms with van der Waals surface area (Å²) in [5, 5.41) is 9.56. The molecule has 0 unspecified atom stereocenters. The van der Waals surface area contributed by atoms with Crippen LogP contribution in [0.4, 0.5) is 0 Å². The Bertz CT molecular complexity index is 735. The molecule has 0 aliphatic carbocycles. The number of hydrogen-bond donors (Lipinski definition) is 1. The molecule has 0 amide bonds. The van der Waals surface area contributed by atoms with Crippen LogP contribution >= 0.6 is 11.6 Å². The van der Waals surface area contributed by atoms with E-state index in [-0.39, 0.29) is 11.0 Å². The van der Waals surface area contributed by atoms with E-state index in [1.807, 2.05) is 12.1 Å². The molecule has 0 aromatic heterocycles. The summed E-state index contributed by atoms with van der Waals surface area (Å²) in [6.07, 6.45) is 0. The molecule has 1 aliphatic rings. The van der Waals surface area contributed by atoms with Crippen LogP contribution in [0.3, 0.4) is 0 Å². The maximum absolute atomic E-state index is 11.1. The smallest absolute Gasteiger partial charge is 0.335 e. The molecule has 2 aromatic carbocycles. The van der Waals surface area contributed by atoms with Gasteiger partial charge < -0.3 is 9.84 Å². The molecule has 0 spiro atoms. The maximum Gasteiger partial charge on any atom is 0.335 e. The third-order valence-electron chi connectivity index (χ3n) is 3.78. The Morgan fingerprint density at radius 1 is 1.19 bits per heavy atom. The molecule has 0 saturated carbocycles. The molecular formula is C17H15ClO3. The molecule has 108 valence electrons. The van der Waals surface area contributed by atoms with Gasteiger partial charge in [-0.1, -0.05) is 31.5 Å². The van der Waals surface area contributed by atoms with Crippen molar-refractivity contribution >= 4 is 17.6 Å². The summed E-state index contributed by atoms with van der Waals surface area (Å²) in [6, 6.07) is 10.8. The molecule has 1 aliphatic heterocycles. The second-order valence-corrected chi connectivity index (χ2v) is 6.35. The minimum absolute atomic E-state index is 0.0421. The van der Waals surface area contributed by atoms with Crippen molar-refractivity contribution < 1.29 is 14.6 Å². The van der Waals surface area contributed by atoms with Gasteiger partial charge in [0.25, 0.3) is 0 Å². The van der Waals surface area contributed by atoms with Gasteiger partial charge in [0.2, 0.25) is 0 Å². The van der Waals surface area contributed by atoms with Crippen LogP contribution in [0.15, 0.2) is 36.4 Å². The van der Waals surface area contributed by atoms with Crippen molar-refractivity contribution in [2.75, 3.05) is 6.61 Å². The summed E-state index contributed by atoms with van der Waals surface area (Å²) in [7, 11) is 0. The molecule has 0 bridgehead atoms. The second kappa shape index (κ2) is 4.78. The van der Waals surface area contributed by atoms with Crippen LogP contribution in [0.25, 0.3) is 11.1 Å². The van der Waals surface area contributed by atoms with Gasteiger partial charge in [-0.15, -0.1) is 0 Å². The van der Waals surface area contributed by atoms with E-state index in [1.165, 1.54) is 6.07 Å². The van der Waals surface area contributed by atoms with E-state index in [1.54, 1.807) is 12.1 Å². The van der Waals surface area contributed by atoms with Gasteiger partial charge in [0.1, 0.15) is 5.75 Å². The van der Waals surface area contributed by atoms with Gasteiger partial charge in [-0.25, -0.2) is 4.79 Å². The summed E-state index contributed by atoms with van der Waals surface area (Å²) < 4.78 is 5.67. The number of hydrogen-bond acceptors (Lipinski definition) is 2. The number of ether oxygens (including phenoxy) is 1. The first-order valence-electron chi connectivity index (χ1n) is 6.68. The van der Waals surface area contributed by atoms with E-state index in [4.69, 9.17) is 21.4 Å². The van der Waals surface area contributed by atoms with E-state index in [9.17, 15) is 4.79 Å². The zero-order chi connectivity index (χ0) is 15.2. The third kappa shape index (κ3) is 2.49. The average molecular weight is 303 g/mol. The zero-order valence-electron chi connectivity index (χ0n) is 11.8. The highest BCUT2D eigenvalue weighted by Gasteiger charge is 2.31. The van der Waals surface area contributed by atoms with Crippen LogP contribution in [0, 0.1) is 0 Å². The van der Waals surface area contributed by atoms with E-state index < -0.39 is 5.97 Å². The molecule has 0 fully saturated rings. The van der Waals surface area contributed by atoms with E-state index >= 15 is 0 Å². The predicted octanol–water partition coefficient (Wildman–Crippen LogP) is 4.38. The fraction of sp³-hybridized carbons (Fsp3) is 0.235. The lowest BCUT2D eigenvalue weighted by Crippen LogP contribution is -2.18. The molecule has 21 heavy (non-hydrogen) atoms. The molecule has 3 rings (SSSR count). The normalized spacial score (nSPS) is 15.4. The molecule has 1 N–H and O–H groups in total. The molecular weight excluding hydrogens is 288 g/mol. The fourth-order valence-corrected chi connectivity index (χ4v) is 2.82. The largest absolute Gasteiger partial charge is 0.492 e. The Morgan fingerprint density at radius 3 is 2.67 bits per heavy atom. The second-order valence-electron chi connectivity index (χ2n) is 5.92. The van der Waals surface area contributed by atoms with Crippen molar-refractivity contribution in [3.63, 3.8) is 0 Å². The number of rotatable bonds is 2. The Morgan fingerprint density at radius 2 is 1.95 bits per heavy atom. The molecule has 1 heterocycles. The van der Waals surface area contributed by atoms with Gasteiger partial charge in [-0.3, -0.25) is 0 Å². The van der Waals surface area contributed by atoms with Crippen LogP contribution in [0.2, 0.25) is 5.02 Å². The van der Waals surface area contributed by atoms with E-state index in [0.29, 0.717) is 11.6 Å². The van der Waals surface area contributed by atoms with Gasteiger partial charge in [0.05, 0.1) is 12.2 Å². The van der Waals surface area contributed by atoms with Crippen LogP contribution in [-0.2, 0) is 5.41 Å². The Hall–Kier alpha value is -2.00. The highest BCUT2D eigenvalue weighted by molar-refractivity contribution is 6.31. The minimum Gasteiger partial charge on any atom is -0.492 e. The van der Waals surface area contributed by atoms with Crippen LogP contribution in [0.5, 0.6) is 5.75 Å². The third-order valence-corrected chi connectivity index (χ3v) is 3.99. The summed E-state index contributed by atoms with van der Waals surface area (Å²) in [5.41, 5.74) is 3.02. The maximum atomic E-state index is 11.1. The Labute approximate surface area is 128 Å². The quantitative estimate of drug-likeness (QED) is 0.895. The first kappa shape index (κ1) is 14.0. The highest BCUT2D eigenvalue weighted by Crippen LogP contribution is 2.40. The van der Waals surface area contributed by atoms with Crippen molar-refractivity contribution in [1.29, 1.82) is 0 Å². The fourth-order valence-electron chi connectivity index (χ4n) is 2.58. The zero-order valence-corrected chi connectivity index (χ0v) is 12.6. The van der Waals surface area contributed by atoms with Crippen molar-refractivity contribution in [2.45, 2.75) is 19.3 Å². The number of benzene rings is 2. The molecule has 0 atom stereocenters. The number of carboxylic acids is 1. The molecule has 3 nitrogen and oxygen atoms in total. The number of halogens is 1. The van der Waals surface area contributed by atoms with Crippen molar-refractivity contribution in [3.05, 3.63) is 52.5 Å². The SMILES string of the molecule is CC1(C)COc2ccc(-c3cc(Cl)cc(C(=O)O)c3)cc21. The van der Waals surface area contributed by atoms with E-state index in [0.717, 1.165) is 22.4 Å². The van der Waals surface area contributed by atoms with Crippen molar-refractivity contribution in [3.8, 4) is 16.9 Å². The highest BCUT2D eigenvalue weighted by atomic mass is 35.5. The number of aromatic carboxylic acids is 1. The first-order chi connectivity index (χ1) is 9.87. The summed E-state index contributed by atoms with van der Waals surface area (Å²) in [4.78, 5) is 11.1. The van der Waals surface area contributed by atoms with Gasteiger partial charge in [0, 0.05) is 16.0 Å². The molecule has 0 radical (unpaired) electrons. The molecule has 2 aromatic rings. The standard InChI is InChI=1S/C17H15ClO3/c1-17(2)9-21-15-4-3-10(8-14(15)17)11-5-12(16(19)20)7-13(18)6-11/h3-8H,9H2,1-2H3,(H,19,20). The predicted molar refractivity (Wildman–Crippen MR) is 82.4 cm³/mol. The van der Waals surface area contributed by atoms with Crippen LogP contribution in [-0.4, -0.2) is 17.7 Å². The monoisotopic (exact) mass is 302 g/mol. The molecule has 0 saturated heterocycles. The summed E-state index contributed by atoms with van der Waals surface area (Å²) >= 11 is 6.03. The lowest BCUT2D eigenvalue weighted by atomic mass is 9.85. The van der Waals surface area contributed by atoms with Gasteiger partial charge in [-0.2, -0.15) is 0 Å². The lowest BCUT2D eigenvalue weighted by Gasteiger charge is -2.16. The van der Waals surface area contributed by atoms with Gasteiger partial charge in [-0.05, 0) is 41.5 Å². The van der Waals surface area contributed by atoms with Gasteiger partial charge in [0.15, 0.2) is 0 Å². The van der Waals surface area contributed by atoms with Crippen LogP contribution in [0.1, 0.15) is 29.8 Å². The van der Waals surface area contributed by atoms with E-state index in [2.05, 4.69) is 19.9 Å². The molecule has 4 heteroatoms. The number of carbonyl (C=O) groups is 1.